The Morgan fingerprint density at radius 1 is 1.09 bits per heavy atom. The second kappa shape index (κ2) is 7.19. The van der Waals surface area contributed by atoms with Gasteiger partial charge in [0.2, 0.25) is 6.20 Å². The molecule has 0 saturated heterocycles. The second-order valence-electron chi connectivity index (χ2n) is 4.99. The van der Waals surface area contributed by atoms with Crippen molar-refractivity contribution in [2.75, 3.05) is 0 Å². The van der Waals surface area contributed by atoms with Gasteiger partial charge in [-0.2, -0.15) is 0 Å². The van der Waals surface area contributed by atoms with Crippen molar-refractivity contribution in [3.63, 3.8) is 0 Å². The number of sulfone groups is 1. The third-order valence-electron chi connectivity index (χ3n) is 3.52. The Hall–Kier alpha value is -2.47. The smallest absolute Gasteiger partial charge is 0.239 e. The Morgan fingerprint density at radius 2 is 1.61 bits per heavy atom. The fourth-order valence-corrected chi connectivity index (χ4v) is 4.30. The minimum atomic E-state index is -3.72. The van der Waals surface area contributed by atoms with Crippen LogP contribution in [-0.2, 0) is 9.84 Å². The summed E-state index contributed by atoms with van der Waals surface area (Å²) in [5, 5.41) is 10.0. The molecule has 0 radical (unpaired) electrons. The van der Waals surface area contributed by atoms with E-state index in [-0.39, 0.29) is 16.9 Å². The molecule has 0 aliphatic carbocycles. The van der Waals surface area contributed by atoms with Crippen LogP contribution in [0.15, 0.2) is 71.8 Å². The first-order valence-corrected chi connectivity index (χ1v) is 8.71. The summed E-state index contributed by atoms with van der Waals surface area (Å²) in [6, 6.07) is 16.6. The van der Waals surface area contributed by atoms with Crippen molar-refractivity contribution in [2.24, 2.45) is 0 Å². The van der Waals surface area contributed by atoms with Gasteiger partial charge in [-0.1, -0.05) is 55.5 Å². The molecule has 1 atom stereocenters. The number of benzene rings is 2. The van der Waals surface area contributed by atoms with E-state index in [0.717, 1.165) is 6.20 Å². The topological polar surface area (TPSA) is 77.3 Å². The van der Waals surface area contributed by atoms with Gasteiger partial charge in [0.15, 0.2) is 9.84 Å². The summed E-state index contributed by atoms with van der Waals surface area (Å²) < 4.78 is 25.8. The van der Waals surface area contributed by atoms with E-state index in [0.29, 0.717) is 5.56 Å². The molecule has 0 N–H and O–H groups in total. The van der Waals surface area contributed by atoms with Crippen molar-refractivity contribution in [3.8, 4) is 0 Å². The Bertz CT molecular complexity index is 799. The van der Waals surface area contributed by atoms with Crippen molar-refractivity contribution in [1.82, 2.24) is 0 Å². The monoisotopic (exact) mass is 331 g/mol. The summed E-state index contributed by atoms with van der Waals surface area (Å²) >= 11 is 0. The van der Waals surface area contributed by atoms with Gasteiger partial charge in [-0.15, -0.1) is 0 Å². The van der Waals surface area contributed by atoms with Crippen LogP contribution in [0.4, 0.5) is 0 Å². The van der Waals surface area contributed by atoms with Gasteiger partial charge >= 0.3 is 0 Å². The summed E-state index contributed by atoms with van der Waals surface area (Å²) in [5.74, 6) is 0. The lowest BCUT2D eigenvalue weighted by molar-refractivity contribution is -0.401. The molecular weight excluding hydrogens is 314 g/mol. The second-order valence-corrected chi connectivity index (χ2v) is 7.12. The highest BCUT2D eigenvalue weighted by Gasteiger charge is 2.31. The first kappa shape index (κ1) is 16.9. The molecule has 0 aromatic heterocycles. The maximum atomic E-state index is 12.9. The molecule has 0 amide bonds. The SMILES string of the molecule is CCC(/C(=C\[N+](=O)[O-])c1ccccc1)S(=O)(=O)c1ccccc1. The van der Waals surface area contributed by atoms with E-state index in [9.17, 15) is 18.5 Å². The number of nitro groups is 1. The van der Waals surface area contributed by atoms with E-state index in [2.05, 4.69) is 0 Å². The van der Waals surface area contributed by atoms with Crippen LogP contribution < -0.4 is 0 Å². The van der Waals surface area contributed by atoms with Crippen molar-refractivity contribution in [2.45, 2.75) is 23.5 Å². The molecule has 5 nitrogen and oxygen atoms in total. The van der Waals surface area contributed by atoms with Crippen LogP contribution in [0.3, 0.4) is 0 Å². The Morgan fingerprint density at radius 3 is 2.09 bits per heavy atom. The van der Waals surface area contributed by atoms with Crippen LogP contribution in [-0.4, -0.2) is 18.6 Å². The zero-order chi connectivity index (χ0) is 16.9. The number of rotatable bonds is 6. The van der Waals surface area contributed by atoms with Gasteiger partial charge in [0.25, 0.3) is 0 Å². The van der Waals surface area contributed by atoms with Crippen LogP contribution in [0.25, 0.3) is 5.57 Å². The van der Waals surface area contributed by atoms with Crippen LogP contribution in [0.1, 0.15) is 18.9 Å². The molecule has 2 aromatic rings. The van der Waals surface area contributed by atoms with E-state index >= 15 is 0 Å². The van der Waals surface area contributed by atoms with E-state index in [1.54, 1.807) is 55.5 Å². The Kier molecular flexibility index (Phi) is 5.28. The van der Waals surface area contributed by atoms with Gasteiger partial charge < -0.3 is 0 Å². The van der Waals surface area contributed by atoms with Crippen LogP contribution in [0, 0.1) is 10.1 Å². The van der Waals surface area contributed by atoms with Crippen LogP contribution >= 0.6 is 0 Å². The van der Waals surface area contributed by atoms with Gasteiger partial charge in [-0.05, 0) is 24.1 Å². The highest BCUT2D eigenvalue weighted by molar-refractivity contribution is 7.92. The Labute approximate surface area is 135 Å². The molecule has 0 saturated carbocycles. The fraction of sp³-hybridized carbons (Fsp3) is 0.176. The van der Waals surface area contributed by atoms with Gasteiger partial charge in [0.1, 0.15) is 0 Å². The quantitative estimate of drug-likeness (QED) is 0.599. The molecular formula is C17H17NO4S. The number of hydrogen-bond acceptors (Lipinski definition) is 4. The summed E-state index contributed by atoms with van der Waals surface area (Å²) in [5.41, 5.74) is 0.734. The summed E-state index contributed by atoms with van der Waals surface area (Å²) in [6.45, 7) is 1.71. The van der Waals surface area contributed by atoms with Crippen LogP contribution in [0.5, 0.6) is 0 Å². The largest absolute Gasteiger partial charge is 0.259 e. The lowest BCUT2D eigenvalue weighted by Gasteiger charge is -2.18. The number of nitrogens with zero attached hydrogens (tertiary/aromatic N) is 1. The molecule has 120 valence electrons. The minimum absolute atomic E-state index is 0.164. The summed E-state index contributed by atoms with van der Waals surface area (Å²) in [4.78, 5) is 10.6. The third kappa shape index (κ3) is 3.84. The first-order valence-electron chi connectivity index (χ1n) is 7.16. The van der Waals surface area contributed by atoms with E-state index in [1.807, 2.05) is 0 Å². The van der Waals surface area contributed by atoms with Gasteiger partial charge in [0.05, 0.1) is 15.1 Å². The summed E-state index contributed by atoms with van der Waals surface area (Å²) in [6.07, 6.45) is 1.04. The van der Waals surface area contributed by atoms with Crippen LogP contribution in [0.2, 0.25) is 0 Å². The normalized spacial score (nSPS) is 13.5. The molecule has 0 aliphatic rings. The third-order valence-corrected chi connectivity index (χ3v) is 5.78. The van der Waals surface area contributed by atoms with E-state index < -0.39 is 20.0 Å². The fourth-order valence-electron chi connectivity index (χ4n) is 2.47. The highest BCUT2D eigenvalue weighted by atomic mass is 32.2. The van der Waals surface area contributed by atoms with Gasteiger partial charge in [-0.25, -0.2) is 8.42 Å². The van der Waals surface area contributed by atoms with E-state index in [4.69, 9.17) is 0 Å². The minimum Gasteiger partial charge on any atom is -0.259 e. The lowest BCUT2D eigenvalue weighted by atomic mass is 10.0. The zero-order valence-corrected chi connectivity index (χ0v) is 13.4. The number of hydrogen-bond donors (Lipinski definition) is 0. The predicted octanol–water partition coefficient (Wildman–Crippen LogP) is 3.56. The zero-order valence-electron chi connectivity index (χ0n) is 12.6. The van der Waals surface area contributed by atoms with Crippen molar-refractivity contribution < 1.29 is 13.3 Å². The Balaban J connectivity index is 2.58. The maximum Gasteiger partial charge on any atom is 0.239 e. The van der Waals surface area contributed by atoms with Crippen molar-refractivity contribution in [1.29, 1.82) is 0 Å². The molecule has 2 aromatic carbocycles. The first-order chi connectivity index (χ1) is 11.0. The highest BCUT2D eigenvalue weighted by Crippen LogP contribution is 2.30. The molecule has 2 rings (SSSR count). The molecule has 0 fully saturated rings. The molecule has 0 heterocycles. The van der Waals surface area contributed by atoms with Gasteiger partial charge in [-0.3, -0.25) is 10.1 Å². The lowest BCUT2D eigenvalue weighted by Crippen LogP contribution is -2.23. The predicted molar refractivity (Wildman–Crippen MR) is 89.1 cm³/mol. The summed E-state index contributed by atoms with van der Waals surface area (Å²) in [7, 11) is -3.72. The molecule has 0 aliphatic heterocycles. The molecule has 1 unspecified atom stereocenters. The maximum absolute atomic E-state index is 12.9. The molecule has 23 heavy (non-hydrogen) atoms. The standard InChI is InChI=1S/C17H17NO4S/c1-2-17(23(21,22)15-11-7-4-8-12-15)16(13-18(19)20)14-9-5-3-6-10-14/h3-13,17H,2H2,1H3/b16-13-. The van der Waals surface area contributed by atoms with E-state index in [1.165, 1.54) is 12.1 Å². The van der Waals surface area contributed by atoms with Gasteiger partial charge in [0, 0.05) is 5.57 Å². The average molecular weight is 331 g/mol. The molecule has 0 spiro atoms. The molecule has 6 heteroatoms. The van der Waals surface area contributed by atoms with Crippen molar-refractivity contribution >= 4 is 15.4 Å². The van der Waals surface area contributed by atoms with Crippen molar-refractivity contribution in [3.05, 3.63) is 82.5 Å². The molecule has 0 bridgehead atoms. The average Bonchev–Trinajstić information content (AvgIpc) is 2.55.